The SMILES string of the molecule is C=C(Cn1c(CN2CC=C(Oc3ccnc(COc4ccc(C#N)cc4F)n3)C[C@H]2CC)nc2ccc(C(=O)O)cc21)C1CCO1. The van der Waals surface area contributed by atoms with Gasteiger partial charge in [-0.1, -0.05) is 13.5 Å². The van der Waals surface area contributed by atoms with E-state index in [0.29, 0.717) is 37.8 Å². The summed E-state index contributed by atoms with van der Waals surface area (Å²) in [6.07, 6.45) is 6.02. The van der Waals surface area contributed by atoms with E-state index < -0.39 is 11.8 Å². The third-order valence-corrected chi connectivity index (χ3v) is 8.25. The Balaban J connectivity index is 1.15. The van der Waals surface area contributed by atoms with Crippen molar-refractivity contribution in [2.24, 2.45) is 0 Å². The summed E-state index contributed by atoms with van der Waals surface area (Å²) in [5.41, 5.74) is 2.84. The number of aromatic carboxylic acids is 1. The summed E-state index contributed by atoms with van der Waals surface area (Å²) in [4.78, 5) is 27.6. The molecule has 0 radical (unpaired) electrons. The van der Waals surface area contributed by atoms with Crippen LogP contribution in [0.2, 0.25) is 0 Å². The summed E-state index contributed by atoms with van der Waals surface area (Å²) in [6, 6.07) is 12.7. The van der Waals surface area contributed by atoms with Crippen molar-refractivity contribution in [2.75, 3.05) is 13.2 Å². The maximum Gasteiger partial charge on any atom is 0.335 e. The number of rotatable bonds is 12. The van der Waals surface area contributed by atoms with Gasteiger partial charge in [0, 0.05) is 44.2 Å². The van der Waals surface area contributed by atoms with E-state index in [-0.39, 0.29) is 35.6 Å². The van der Waals surface area contributed by atoms with Crippen LogP contribution in [-0.4, -0.2) is 60.8 Å². The fraction of sp³-hybridized carbons (Fsp3) is 0.324. The highest BCUT2D eigenvalue weighted by Gasteiger charge is 2.27. The minimum absolute atomic E-state index is 0.0000158. The summed E-state index contributed by atoms with van der Waals surface area (Å²) < 4.78 is 33.6. The van der Waals surface area contributed by atoms with Crippen molar-refractivity contribution in [3.63, 3.8) is 0 Å². The number of carboxylic acids is 1. The van der Waals surface area contributed by atoms with Gasteiger partial charge in [-0.3, -0.25) is 4.90 Å². The Kier molecular flexibility index (Phi) is 9.05. The molecule has 236 valence electrons. The molecule has 0 aliphatic carbocycles. The molecular weight excluding hydrogens is 591 g/mol. The zero-order chi connectivity index (χ0) is 32.2. The average Bonchev–Trinajstić information content (AvgIpc) is 3.36. The van der Waals surface area contributed by atoms with Gasteiger partial charge in [0.25, 0.3) is 0 Å². The molecule has 2 aromatic carbocycles. The van der Waals surface area contributed by atoms with Crippen LogP contribution in [0, 0.1) is 17.1 Å². The lowest BCUT2D eigenvalue weighted by Crippen LogP contribution is -2.39. The molecular formula is C34H33FN6O5. The molecule has 2 atom stereocenters. The van der Waals surface area contributed by atoms with Crippen molar-refractivity contribution in [1.82, 2.24) is 24.4 Å². The molecule has 0 spiro atoms. The minimum atomic E-state index is -0.986. The summed E-state index contributed by atoms with van der Waals surface area (Å²) in [7, 11) is 0. The van der Waals surface area contributed by atoms with Gasteiger partial charge in [0.1, 0.15) is 18.2 Å². The number of carbonyl (C=O) groups is 1. The number of hydrogen-bond donors (Lipinski definition) is 1. The Morgan fingerprint density at radius 1 is 1.24 bits per heavy atom. The van der Waals surface area contributed by atoms with Crippen LogP contribution in [0.5, 0.6) is 11.6 Å². The molecule has 4 aromatic rings. The van der Waals surface area contributed by atoms with Gasteiger partial charge in [-0.2, -0.15) is 10.2 Å². The van der Waals surface area contributed by atoms with Crippen LogP contribution in [0.25, 0.3) is 11.0 Å². The van der Waals surface area contributed by atoms with E-state index in [1.807, 2.05) is 12.1 Å². The first-order valence-corrected chi connectivity index (χ1v) is 15.1. The van der Waals surface area contributed by atoms with Gasteiger partial charge >= 0.3 is 5.97 Å². The van der Waals surface area contributed by atoms with Crippen molar-refractivity contribution in [3.05, 3.63) is 101 Å². The van der Waals surface area contributed by atoms with E-state index in [9.17, 15) is 14.3 Å². The summed E-state index contributed by atoms with van der Waals surface area (Å²) in [5, 5.41) is 18.5. The number of benzene rings is 2. The maximum atomic E-state index is 14.2. The zero-order valence-electron chi connectivity index (χ0n) is 25.4. The number of imidazole rings is 1. The molecule has 0 bridgehead atoms. The van der Waals surface area contributed by atoms with Crippen LogP contribution in [0.4, 0.5) is 4.39 Å². The van der Waals surface area contributed by atoms with E-state index in [1.165, 1.54) is 12.1 Å². The predicted octanol–water partition coefficient (Wildman–Crippen LogP) is 5.41. The van der Waals surface area contributed by atoms with E-state index in [2.05, 4.69) is 32.9 Å². The first kappa shape index (κ1) is 30.9. The summed E-state index contributed by atoms with van der Waals surface area (Å²) in [6.45, 7) is 8.69. The normalized spacial score (nSPS) is 18.0. The molecule has 2 aliphatic heterocycles. The fourth-order valence-corrected chi connectivity index (χ4v) is 5.61. The van der Waals surface area contributed by atoms with Crippen molar-refractivity contribution in [2.45, 2.75) is 58.0 Å². The highest BCUT2D eigenvalue weighted by Crippen LogP contribution is 2.28. The van der Waals surface area contributed by atoms with Crippen molar-refractivity contribution < 1.29 is 28.5 Å². The number of halogens is 1. The zero-order valence-corrected chi connectivity index (χ0v) is 25.4. The first-order valence-electron chi connectivity index (χ1n) is 15.1. The Hall–Kier alpha value is -5.12. The number of hydrogen-bond acceptors (Lipinski definition) is 9. The van der Waals surface area contributed by atoms with Gasteiger partial charge in [0.15, 0.2) is 17.4 Å². The Bertz CT molecular complexity index is 1860. The maximum absolute atomic E-state index is 14.2. The molecule has 2 aromatic heterocycles. The van der Waals surface area contributed by atoms with Crippen molar-refractivity contribution >= 4 is 17.0 Å². The third-order valence-electron chi connectivity index (χ3n) is 8.25. The number of ether oxygens (including phenoxy) is 3. The lowest BCUT2D eigenvalue weighted by molar-refractivity contribution is -0.0281. The molecule has 2 aliphatic rings. The summed E-state index contributed by atoms with van der Waals surface area (Å²) in [5.74, 6) is 0.676. The lowest BCUT2D eigenvalue weighted by Gasteiger charge is -2.34. The first-order chi connectivity index (χ1) is 22.3. The topological polar surface area (TPSA) is 136 Å². The molecule has 4 heterocycles. The second kappa shape index (κ2) is 13.5. The Morgan fingerprint density at radius 3 is 2.80 bits per heavy atom. The smallest absolute Gasteiger partial charge is 0.335 e. The highest BCUT2D eigenvalue weighted by molar-refractivity contribution is 5.92. The van der Waals surface area contributed by atoms with Crippen LogP contribution in [0.1, 0.15) is 53.8 Å². The van der Waals surface area contributed by atoms with E-state index >= 15 is 0 Å². The van der Waals surface area contributed by atoms with Gasteiger partial charge in [0.2, 0.25) is 5.88 Å². The largest absolute Gasteiger partial charge is 0.483 e. The molecule has 12 heteroatoms. The molecule has 0 amide bonds. The van der Waals surface area contributed by atoms with Gasteiger partial charge in [-0.15, -0.1) is 0 Å². The molecule has 1 unspecified atom stereocenters. The number of nitriles is 1. The number of aromatic nitrogens is 4. The third kappa shape index (κ3) is 6.75. The van der Waals surface area contributed by atoms with Gasteiger partial charge in [-0.25, -0.2) is 19.2 Å². The van der Waals surface area contributed by atoms with Gasteiger partial charge in [-0.05, 0) is 54.5 Å². The van der Waals surface area contributed by atoms with Crippen LogP contribution in [-0.2, 0) is 24.4 Å². The van der Waals surface area contributed by atoms with Crippen LogP contribution in [0.15, 0.2) is 72.6 Å². The van der Waals surface area contributed by atoms with E-state index in [4.69, 9.17) is 24.5 Å². The minimum Gasteiger partial charge on any atom is -0.483 e. The quantitative estimate of drug-likeness (QED) is 0.204. The highest BCUT2D eigenvalue weighted by atomic mass is 19.1. The monoisotopic (exact) mass is 624 g/mol. The molecule has 1 fully saturated rings. The molecule has 0 saturated carbocycles. The number of fused-ring (bicyclic) bond motifs is 1. The van der Waals surface area contributed by atoms with Crippen molar-refractivity contribution in [1.29, 1.82) is 5.26 Å². The van der Waals surface area contributed by atoms with Gasteiger partial charge < -0.3 is 23.9 Å². The second-order valence-electron chi connectivity index (χ2n) is 11.3. The van der Waals surface area contributed by atoms with E-state index in [1.54, 1.807) is 30.5 Å². The number of carboxylic acid groups (broad SMARTS) is 1. The Morgan fingerprint density at radius 2 is 2.09 bits per heavy atom. The standard InChI is InChI=1S/C34H33FN6O5/c1-3-24-16-25(46-33-8-11-37-31(39-33)20-45-30-7-4-22(17-36)14-26(30)35)9-12-40(24)19-32-38-27-6-5-23(34(42)43)15-28(27)41(32)18-21(2)29-10-13-44-29/h4-9,11,14-15,24,29H,2-3,10,12-13,16,18-20H2,1H3,(H,42,43)/t24-,29?/m1/s1. The molecule has 46 heavy (non-hydrogen) atoms. The van der Waals surface area contributed by atoms with E-state index in [0.717, 1.165) is 53.7 Å². The summed E-state index contributed by atoms with van der Waals surface area (Å²) >= 11 is 0. The lowest BCUT2D eigenvalue weighted by atomic mass is 10.0. The molecule has 1 N–H and O–H groups in total. The molecule has 6 rings (SSSR count). The van der Waals surface area contributed by atoms with Crippen LogP contribution >= 0.6 is 0 Å². The average molecular weight is 625 g/mol. The Labute approximate surface area is 265 Å². The van der Waals surface area contributed by atoms with Gasteiger partial charge in [0.05, 0.1) is 47.5 Å². The molecule has 1 saturated heterocycles. The van der Waals surface area contributed by atoms with Crippen LogP contribution < -0.4 is 9.47 Å². The second-order valence-corrected chi connectivity index (χ2v) is 11.3. The fourth-order valence-electron chi connectivity index (χ4n) is 5.61. The number of nitrogens with zero attached hydrogens (tertiary/aromatic N) is 6. The van der Waals surface area contributed by atoms with Crippen molar-refractivity contribution in [3.8, 4) is 17.7 Å². The predicted molar refractivity (Wildman–Crippen MR) is 165 cm³/mol. The van der Waals surface area contributed by atoms with Crippen LogP contribution in [0.3, 0.4) is 0 Å². The molecule has 11 nitrogen and oxygen atoms in total.